The van der Waals surface area contributed by atoms with Crippen LogP contribution >= 0.6 is 11.3 Å². The Balaban J connectivity index is 1.95. The van der Waals surface area contributed by atoms with E-state index in [9.17, 15) is 9.90 Å². The molecule has 23 heavy (non-hydrogen) atoms. The van der Waals surface area contributed by atoms with Crippen LogP contribution in [0.15, 0.2) is 54.6 Å². The fourth-order valence-corrected chi connectivity index (χ4v) is 3.59. The van der Waals surface area contributed by atoms with Crippen molar-refractivity contribution in [2.45, 2.75) is 25.3 Å². The third kappa shape index (κ3) is 3.05. The largest absolute Gasteiger partial charge is 0.479 e. The van der Waals surface area contributed by atoms with E-state index in [1.165, 1.54) is 11.3 Å². The maximum absolute atomic E-state index is 11.7. The van der Waals surface area contributed by atoms with Gasteiger partial charge in [-0.25, -0.2) is 9.78 Å². The summed E-state index contributed by atoms with van der Waals surface area (Å²) in [6, 6.07) is 9.98. The van der Waals surface area contributed by atoms with Crippen LogP contribution in [0.2, 0.25) is 0 Å². The van der Waals surface area contributed by atoms with E-state index in [4.69, 9.17) is 0 Å². The van der Waals surface area contributed by atoms with Crippen molar-refractivity contribution in [2.75, 3.05) is 5.32 Å². The van der Waals surface area contributed by atoms with Crippen molar-refractivity contribution in [1.82, 2.24) is 4.98 Å². The maximum atomic E-state index is 11.7. The van der Waals surface area contributed by atoms with Crippen LogP contribution in [-0.4, -0.2) is 21.6 Å². The Morgan fingerprint density at radius 2 is 2.13 bits per heavy atom. The SMILES string of the molecule is CCc1sc(NC2(C(=O)O)C=CC=CC2)nc1-c1ccccc1. The predicted octanol–water partition coefficient (Wildman–Crippen LogP) is 4.12. The van der Waals surface area contributed by atoms with Gasteiger partial charge in [0.2, 0.25) is 0 Å². The number of hydrogen-bond acceptors (Lipinski definition) is 4. The molecule has 0 radical (unpaired) electrons. The van der Waals surface area contributed by atoms with Gasteiger partial charge in [0.15, 0.2) is 10.7 Å². The lowest BCUT2D eigenvalue weighted by atomic mass is 9.91. The summed E-state index contributed by atoms with van der Waals surface area (Å²) < 4.78 is 0. The molecule has 3 rings (SSSR count). The van der Waals surface area contributed by atoms with Crippen molar-refractivity contribution >= 4 is 22.4 Å². The number of aryl methyl sites for hydroxylation is 1. The van der Waals surface area contributed by atoms with Crippen LogP contribution in [0.25, 0.3) is 11.3 Å². The Labute approximate surface area is 139 Å². The minimum Gasteiger partial charge on any atom is -0.479 e. The van der Waals surface area contributed by atoms with Gasteiger partial charge in [-0.1, -0.05) is 55.5 Å². The number of aliphatic carboxylic acids is 1. The summed E-state index contributed by atoms with van der Waals surface area (Å²) in [5.41, 5.74) is 0.861. The number of thiazole rings is 1. The van der Waals surface area contributed by atoms with Gasteiger partial charge in [0.1, 0.15) is 0 Å². The van der Waals surface area contributed by atoms with Crippen molar-refractivity contribution in [2.24, 2.45) is 0 Å². The van der Waals surface area contributed by atoms with Crippen molar-refractivity contribution in [3.05, 3.63) is 59.5 Å². The Morgan fingerprint density at radius 1 is 1.35 bits per heavy atom. The second kappa shape index (κ2) is 6.38. The first kappa shape index (κ1) is 15.5. The molecular formula is C18H18N2O2S. The monoisotopic (exact) mass is 326 g/mol. The summed E-state index contributed by atoms with van der Waals surface area (Å²) in [6.07, 6.45) is 8.42. The van der Waals surface area contributed by atoms with Crippen LogP contribution in [-0.2, 0) is 11.2 Å². The molecule has 118 valence electrons. The quantitative estimate of drug-likeness (QED) is 0.867. The van der Waals surface area contributed by atoms with Crippen LogP contribution in [0.5, 0.6) is 0 Å². The molecule has 1 aromatic heterocycles. The van der Waals surface area contributed by atoms with Crippen molar-refractivity contribution < 1.29 is 9.90 Å². The number of carboxylic acid groups (broad SMARTS) is 1. The van der Waals surface area contributed by atoms with Gasteiger partial charge in [-0.3, -0.25) is 0 Å². The number of nitrogens with zero attached hydrogens (tertiary/aromatic N) is 1. The summed E-state index contributed by atoms with van der Waals surface area (Å²) >= 11 is 1.52. The van der Waals surface area contributed by atoms with Crippen molar-refractivity contribution in [3.63, 3.8) is 0 Å². The van der Waals surface area contributed by atoms with Gasteiger partial charge >= 0.3 is 5.97 Å². The molecule has 0 amide bonds. The van der Waals surface area contributed by atoms with E-state index < -0.39 is 11.5 Å². The number of rotatable bonds is 5. The van der Waals surface area contributed by atoms with Gasteiger partial charge in [-0.15, -0.1) is 11.3 Å². The zero-order chi connectivity index (χ0) is 16.3. The van der Waals surface area contributed by atoms with E-state index in [0.717, 1.165) is 22.6 Å². The second-order valence-corrected chi connectivity index (χ2v) is 6.49. The Hall–Kier alpha value is -2.40. The number of hydrogen-bond donors (Lipinski definition) is 2. The van der Waals surface area contributed by atoms with E-state index in [1.54, 1.807) is 12.2 Å². The van der Waals surface area contributed by atoms with E-state index in [2.05, 4.69) is 17.2 Å². The average Bonchev–Trinajstić information content (AvgIpc) is 2.99. The number of carboxylic acids is 1. The average molecular weight is 326 g/mol. The summed E-state index contributed by atoms with van der Waals surface area (Å²) in [5, 5.41) is 13.4. The van der Waals surface area contributed by atoms with E-state index in [0.29, 0.717) is 11.6 Å². The number of aromatic nitrogens is 1. The molecule has 0 saturated heterocycles. The summed E-state index contributed by atoms with van der Waals surface area (Å²) in [4.78, 5) is 17.5. The first-order valence-electron chi connectivity index (χ1n) is 7.56. The normalized spacial score (nSPS) is 19.7. The minimum absolute atomic E-state index is 0.403. The van der Waals surface area contributed by atoms with Gasteiger partial charge in [-0.05, 0) is 12.5 Å². The molecule has 1 atom stereocenters. The van der Waals surface area contributed by atoms with Gasteiger partial charge in [-0.2, -0.15) is 0 Å². The highest BCUT2D eigenvalue weighted by Gasteiger charge is 2.36. The summed E-state index contributed by atoms with van der Waals surface area (Å²) in [6.45, 7) is 2.08. The molecule has 0 spiro atoms. The summed E-state index contributed by atoms with van der Waals surface area (Å²) in [7, 11) is 0. The first-order chi connectivity index (χ1) is 11.1. The highest BCUT2D eigenvalue weighted by atomic mass is 32.1. The third-order valence-electron chi connectivity index (χ3n) is 3.85. The molecule has 2 aromatic rings. The highest BCUT2D eigenvalue weighted by Crippen LogP contribution is 2.34. The lowest BCUT2D eigenvalue weighted by Gasteiger charge is -2.27. The molecule has 0 saturated carbocycles. The van der Waals surface area contributed by atoms with E-state index >= 15 is 0 Å². The van der Waals surface area contributed by atoms with E-state index in [-0.39, 0.29) is 0 Å². The topological polar surface area (TPSA) is 62.2 Å². The fraction of sp³-hybridized carbons (Fsp3) is 0.222. The minimum atomic E-state index is -1.12. The molecule has 1 aromatic carbocycles. The van der Waals surface area contributed by atoms with Crippen LogP contribution < -0.4 is 5.32 Å². The van der Waals surface area contributed by atoms with Crippen molar-refractivity contribution in [3.8, 4) is 11.3 Å². The number of anilines is 1. The van der Waals surface area contributed by atoms with Gasteiger partial charge < -0.3 is 10.4 Å². The molecule has 2 N–H and O–H groups in total. The molecule has 5 heteroatoms. The molecular weight excluding hydrogens is 308 g/mol. The second-order valence-electron chi connectivity index (χ2n) is 5.40. The number of benzene rings is 1. The van der Waals surface area contributed by atoms with Crippen LogP contribution in [0, 0.1) is 0 Å². The van der Waals surface area contributed by atoms with Crippen molar-refractivity contribution in [1.29, 1.82) is 0 Å². The van der Waals surface area contributed by atoms with E-state index in [1.807, 2.05) is 42.5 Å². The molecule has 0 fully saturated rings. The standard InChI is InChI=1S/C18H18N2O2S/c1-2-14-15(13-9-5-3-6-10-13)19-17(23-14)20-18(16(21)22)11-7-4-8-12-18/h3-11H,2,12H2,1H3,(H,19,20)(H,21,22). The zero-order valence-corrected chi connectivity index (χ0v) is 13.6. The first-order valence-corrected chi connectivity index (χ1v) is 8.37. The highest BCUT2D eigenvalue weighted by molar-refractivity contribution is 7.16. The van der Waals surface area contributed by atoms with Crippen LogP contribution in [0.1, 0.15) is 18.2 Å². The molecule has 1 aliphatic rings. The van der Waals surface area contributed by atoms with Gasteiger partial charge in [0.25, 0.3) is 0 Å². The zero-order valence-electron chi connectivity index (χ0n) is 12.8. The predicted molar refractivity (Wildman–Crippen MR) is 93.8 cm³/mol. The number of carbonyl (C=O) groups is 1. The smallest absolute Gasteiger partial charge is 0.333 e. The lowest BCUT2D eigenvalue weighted by molar-refractivity contribution is -0.140. The van der Waals surface area contributed by atoms with Gasteiger partial charge in [0.05, 0.1) is 5.69 Å². The Bertz CT molecular complexity index is 765. The van der Waals surface area contributed by atoms with Crippen LogP contribution in [0.3, 0.4) is 0 Å². The fourth-order valence-electron chi connectivity index (χ4n) is 2.58. The lowest BCUT2D eigenvalue weighted by Crippen LogP contribution is -2.44. The Morgan fingerprint density at radius 3 is 2.74 bits per heavy atom. The third-order valence-corrected chi connectivity index (χ3v) is 4.96. The van der Waals surface area contributed by atoms with Crippen LogP contribution in [0.4, 0.5) is 5.13 Å². The number of allylic oxidation sites excluding steroid dienone is 2. The molecule has 1 heterocycles. The molecule has 0 aliphatic heterocycles. The molecule has 1 aliphatic carbocycles. The maximum Gasteiger partial charge on any atom is 0.333 e. The molecule has 1 unspecified atom stereocenters. The van der Waals surface area contributed by atoms with Gasteiger partial charge in [0, 0.05) is 16.9 Å². The summed E-state index contributed by atoms with van der Waals surface area (Å²) in [5.74, 6) is -0.896. The molecule has 0 bridgehead atoms. The molecule has 4 nitrogen and oxygen atoms in total. The Kier molecular flexibility index (Phi) is 4.30. The number of nitrogens with one attached hydrogen (secondary N) is 1.